The van der Waals surface area contributed by atoms with Crippen molar-refractivity contribution in [1.29, 1.82) is 0 Å². The number of methoxy groups -OCH3 is 2. The van der Waals surface area contributed by atoms with Gasteiger partial charge >= 0.3 is 0 Å². The Morgan fingerprint density at radius 3 is 2.52 bits per heavy atom. The minimum Gasteiger partial charge on any atom is -0.497 e. The van der Waals surface area contributed by atoms with E-state index in [1.165, 1.54) is 12.0 Å². The van der Waals surface area contributed by atoms with E-state index in [0.29, 0.717) is 34.4 Å². The first-order chi connectivity index (χ1) is 14.9. The number of rotatable bonds is 5. The number of hydrogen-bond donors (Lipinski definition) is 1. The van der Waals surface area contributed by atoms with E-state index in [9.17, 15) is 14.4 Å². The summed E-state index contributed by atoms with van der Waals surface area (Å²) in [5.74, 6) is 0.338. The molecule has 0 unspecified atom stereocenters. The number of benzene rings is 2. The van der Waals surface area contributed by atoms with Crippen molar-refractivity contribution in [2.24, 2.45) is 17.8 Å². The first-order valence-corrected chi connectivity index (χ1v) is 10.4. The van der Waals surface area contributed by atoms with Gasteiger partial charge in [-0.05, 0) is 55.5 Å². The Bertz CT molecular complexity index is 1030. The molecule has 0 radical (unpaired) electrons. The van der Waals surface area contributed by atoms with Crippen LogP contribution in [0.5, 0.6) is 11.5 Å². The molecule has 1 saturated heterocycles. The van der Waals surface area contributed by atoms with Crippen molar-refractivity contribution in [2.75, 3.05) is 24.4 Å². The number of nitrogens with zero attached hydrogens (tertiary/aromatic N) is 1. The van der Waals surface area contributed by atoms with Crippen LogP contribution >= 0.6 is 0 Å². The highest BCUT2D eigenvalue weighted by molar-refractivity contribution is 6.22. The molecule has 3 amide bonds. The molecular weight excluding hydrogens is 396 g/mol. The van der Waals surface area contributed by atoms with Crippen LogP contribution in [-0.2, 0) is 9.59 Å². The fourth-order valence-electron chi connectivity index (χ4n) is 4.53. The summed E-state index contributed by atoms with van der Waals surface area (Å²) in [6.07, 6.45) is 2.44. The van der Waals surface area contributed by atoms with E-state index in [0.717, 1.165) is 19.3 Å². The first kappa shape index (κ1) is 20.9. The Morgan fingerprint density at radius 1 is 1.00 bits per heavy atom. The van der Waals surface area contributed by atoms with E-state index < -0.39 is 0 Å². The average molecular weight is 422 g/mol. The van der Waals surface area contributed by atoms with Gasteiger partial charge in [-0.1, -0.05) is 13.0 Å². The lowest BCUT2D eigenvalue weighted by atomic mass is 9.76. The van der Waals surface area contributed by atoms with Crippen LogP contribution in [0.4, 0.5) is 11.4 Å². The number of ether oxygens (including phenoxy) is 2. The Morgan fingerprint density at radius 2 is 1.77 bits per heavy atom. The summed E-state index contributed by atoms with van der Waals surface area (Å²) in [7, 11) is 3.06. The van der Waals surface area contributed by atoms with Gasteiger partial charge in [-0.2, -0.15) is 0 Å². The maximum Gasteiger partial charge on any atom is 0.255 e. The summed E-state index contributed by atoms with van der Waals surface area (Å²) >= 11 is 0. The highest BCUT2D eigenvalue weighted by atomic mass is 16.5. The monoisotopic (exact) mass is 422 g/mol. The van der Waals surface area contributed by atoms with Crippen LogP contribution in [0.15, 0.2) is 42.5 Å². The van der Waals surface area contributed by atoms with Gasteiger partial charge in [-0.3, -0.25) is 19.3 Å². The predicted molar refractivity (Wildman–Crippen MR) is 116 cm³/mol. The van der Waals surface area contributed by atoms with Gasteiger partial charge in [0.25, 0.3) is 5.91 Å². The second kappa shape index (κ2) is 8.41. The SMILES string of the molecule is COc1ccc(NC(=O)c2cccc(N3C(=O)[C@@H]4CC[C@H](C)C[C@H]4C3=O)c2)c(OC)c1. The minimum absolute atomic E-state index is 0.156. The fraction of sp³-hybridized carbons (Fsp3) is 0.375. The number of carbonyl (C=O) groups excluding carboxylic acids is 3. The van der Waals surface area contributed by atoms with E-state index in [2.05, 4.69) is 12.2 Å². The largest absolute Gasteiger partial charge is 0.497 e. The molecule has 7 heteroatoms. The second-order valence-electron chi connectivity index (χ2n) is 8.21. The zero-order valence-electron chi connectivity index (χ0n) is 17.9. The molecule has 2 fully saturated rings. The lowest BCUT2D eigenvalue weighted by Crippen LogP contribution is -2.31. The normalized spacial score (nSPS) is 22.8. The summed E-state index contributed by atoms with van der Waals surface area (Å²) in [6.45, 7) is 2.12. The van der Waals surface area contributed by atoms with E-state index in [-0.39, 0.29) is 29.6 Å². The van der Waals surface area contributed by atoms with Crippen LogP contribution in [0.2, 0.25) is 0 Å². The van der Waals surface area contributed by atoms with Crippen LogP contribution in [0.3, 0.4) is 0 Å². The predicted octanol–water partition coefficient (Wildman–Crippen LogP) is 3.88. The Hall–Kier alpha value is -3.35. The highest BCUT2D eigenvalue weighted by Crippen LogP contribution is 2.42. The maximum absolute atomic E-state index is 13.0. The van der Waals surface area contributed by atoms with Gasteiger partial charge in [-0.25, -0.2) is 0 Å². The second-order valence-corrected chi connectivity index (χ2v) is 8.21. The molecule has 1 aliphatic carbocycles. The fourth-order valence-corrected chi connectivity index (χ4v) is 4.53. The van der Waals surface area contributed by atoms with Crippen LogP contribution in [0, 0.1) is 17.8 Å². The zero-order chi connectivity index (χ0) is 22.1. The quantitative estimate of drug-likeness (QED) is 0.739. The first-order valence-electron chi connectivity index (χ1n) is 10.4. The molecule has 1 aliphatic heterocycles. The summed E-state index contributed by atoms with van der Waals surface area (Å²) in [6, 6.07) is 11.7. The van der Waals surface area contributed by atoms with Crippen molar-refractivity contribution < 1.29 is 23.9 Å². The number of anilines is 2. The van der Waals surface area contributed by atoms with Crippen LogP contribution in [0.1, 0.15) is 36.5 Å². The van der Waals surface area contributed by atoms with Crippen LogP contribution in [-0.4, -0.2) is 31.9 Å². The van der Waals surface area contributed by atoms with Crippen molar-refractivity contribution >= 4 is 29.1 Å². The van der Waals surface area contributed by atoms with Gasteiger partial charge < -0.3 is 14.8 Å². The lowest BCUT2D eigenvalue weighted by Gasteiger charge is -2.25. The van der Waals surface area contributed by atoms with Gasteiger partial charge in [0.05, 0.1) is 37.4 Å². The Kier molecular flexibility index (Phi) is 5.67. The maximum atomic E-state index is 13.0. The van der Waals surface area contributed by atoms with Crippen molar-refractivity contribution in [3.63, 3.8) is 0 Å². The molecule has 2 aliphatic rings. The molecule has 0 aromatic heterocycles. The Labute approximate surface area is 181 Å². The molecule has 0 bridgehead atoms. The zero-order valence-corrected chi connectivity index (χ0v) is 17.9. The van der Waals surface area contributed by atoms with Gasteiger partial charge in [0.15, 0.2) is 0 Å². The molecule has 31 heavy (non-hydrogen) atoms. The summed E-state index contributed by atoms with van der Waals surface area (Å²) in [4.78, 5) is 40.1. The van der Waals surface area contributed by atoms with Gasteiger partial charge in [-0.15, -0.1) is 0 Å². The third-order valence-electron chi connectivity index (χ3n) is 6.21. The average Bonchev–Trinajstić information content (AvgIpc) is 3.03. The van der Waals surface area contributed by atoms with Gasteiger partial charge in [0.1, 0.15) is 11.5 Å². The number of amides is 3. The van der Waals surface area contributed by atoms with E-state index in [1.807, 2.05) is 0 Å². The molecule has 2 aromatic rings. The molecular formula is C24H26N2O5. The molecule has 4 rings (SSSR count). The van der Waals surface area contributed by atoms with Crippen LogP contribution < -0.4 is 19.7 Å². The standard InChI is InChI=1S/C24H26N2O5/c1-14-7-9-18-19(11-14)24(29)26(23(18)28)16-6-4-5-15(12-16)22(27)25-20-10-8-17(30-2)13-21(20)31-3/h4-6,8,10,12-14,18-19H,7,9,11H2,1-3H3,(H,25,27)/t14-,18+,19+/m0/s1. The van der Waals surface area contributed by atoms with Crippen molar-refractivity contribution in [2.45, 2.75) is 26.2 Å². The molecule has 1 N–H and O–H groups in total. The lowest BCUT2D eigenvalue weighted by molar-refractivity contribution is -0.122. The topological polar surface area (TPSA) is 84.9 Å². The highest BCUT2D eigenvalue weighted by Gasteiger charge is 2.50. The third kappa shape index (κ3) is 3.87. The molecule has 7 nitrogen and oxygen atoms in total. The number of carbonyl (C=O) groups is 3. The van der Waals surface area contributed by atoms with Crippen molar-refractivity contribution in [1.82, 2.24) is 0 Å². The van der Waals surface area contributed by atoms with E-state index in [1.54, 1.807) is 49.6 Å². The van der Waals surface area contributed by atoms with E-state index >= 15 is 0 Å². The van der Waals surface area contributed by atoms with E-state index in [4.69, 9.17) is 9.47 Å². The molecule has 162 valence electrons. The number of imide groups is 1. The molecule has 3 atom stereocenters. The smallest absolute Gasteiger partial charge is 0.255 e. The summed E-state index contributed by atoms with van der Waals surface area (Å²) in [5, 5.41) is 2.82. The third-order valence-corrected chi connectivity index (χ3v) is 6.21. The van der Waals surface area contributed by atoms with Crippen molar-refractivity contribution in [3.05, 3.63) is 48.0 Å². The Balaban J connectivity index is 1.57. The minimum atomic E-state index is -0.365. The number of nitrogens with one attached hydrogen (secondary N) is 1. The number of fused-ring (bicyclic) bond motifs is 1. The summed E-state index contributed by atoms with van der Waals surface area (Å²) < 4.78 is 10.5. The van der Waals surface area contributed by atoms with Gasteiger partial charge in [0, 0.05) is 11.6 Å². The van der Waals surface area contributed by atoms with Crippen molar-refractivity contribution in [3.8, 4) is 11.5 Å². The molecule has 0 spiro atoms. The summed E-state index contributed by atoms with van der Waals surface area (Å²) in [5.41, 5.74) is 1.28. The molecule has 1 heterocycles. The number of hydrogen-bond acceptors (Lipinski definition) is 5. The van der Waals surface area contributed by atoms with Gasteiger partial charge in [0.2, 0.25) is 11.8 Å². The molecule has 1 saturated carbocycles. The molecule has 2 aromatic carbocycles. The van der Waals surface area contributed by atoms with Crippen LogP contribution in [0.25, 0.3) is 0 Å².